The molecule has 6 rings (SSSR count). The molecule has 3 aliphatic carbocycles. The molecule has 3 aromatic carbocycles. The molecule has 0 radical (unpaired) electrons. The van der Waals surface area contributed by atoms with Crippen LogP contribution in [0.4, 0.5) is 0 Å². The average molecular weight is 430 g/mol. The summed E-state index contributed by atoms with van der Waals surface area (Å²) >= 11 is 0. The summed E-state index contributed by atoms with van der Waals surface area (Å²) in [6.45, 7) is 0. The molecule has 8 heteroatoms. The second-order valence-corrected chi connectivity index (χ2v) is 7.76. The van der Waals surface area contributed by atoms with E-state index in [-0.39, 0.29) is 22.3 Å². The zero-order valence-electron chi connectivity index (χ0n) is 16.2. The quantitative estimate of drug-likeness (QED) is 0.339. The number of carbonyl (C=O) groups is 4. The number of hydrogen-bond donors (Lipinski definition) is 4. The average Bonchev–Trinajstić information content (AvgIpc) is 2.76. The van der Waals surface area contributed by atoms with Crippen molar-refractivity contribution < 1.29 is 39.6 Å². The van der Waals surface area contributed by atoms with Gasteiger partial charge in [0, 0.05) is 11.8 Å². The van der Waals surface area contributed by atoms with Crippen LogP contribution in [0.1, 0.15) is 86.6 Å². The van der Waals surface area contributed by atoms with Crippen LogP contribution < -0.4 is 0 Å². The van der Waals surface area contributed by atoms with Crippen molar-refractivity contribution in [2.45, 2.75) is 11.8 Å². The van der Waals surface area contributed by atoms with Crippen molar-refractivity contribution in [3.8, 4) is 0 Å². The van der Waals surface area contributed by atoms with Gasteiger partial charge in [0.2, 0.25) is 0 Å². The molecule has 3 aromatic rings. The SMILES string of the molecule is O=C(O)c1ccc2c(c1)C1c3ccc(C(=O)O)cc3C2c2c(C(=O)O)ccc(C(=O)O)c21. The molecular weight excluding hydrogens is 416 g/mol. The lowest BCUT2D eigenvalue weighted by atomic mass is 9.59. The van der Waals surface area contributed by atoms with Gasteiger partial charge in [-0.3, -0.25) is 0 Å². The Balaban J connectivity index is 1.92. The van der Waals surface area contributed by atoms with E-state index in [1.807, 2.05) is 0 Å². The van der Waals surface area contributed by atoms with Gasteiger partial charge in [0.15, 0.2) is 0 Å². The Labute approximate surface area is 180 Å². The highest BCUT2D eigenvalue weighted by molar-refractivity contribution is 5.98. The number of hydrogen-bond acceptors (Lipinski definition) is 4. The van der Waals surface area contributed by atoms with Gasteiger partial charge in [-0.1, -0.05) is 12.1 Å². The van der Waals surface area contributed by atoms with E-state index in [4.69, 9.17) is 0 Å². The summed E-state index contributed by atoms with van der Waals surface area (Å²) in [5.74, 6) is -6.24. The maximum atomic E-state index is 12.1. The van der Waals surface area contributed by atoms with Crippen molar-refractivity contribution in [3.05, 3.63) is 104 Å². The van der Waals surface area contributed by atoms with Crippen molar-refractivity contribution in [1.29, 1.82) is 0 Å². The van der Waals surface area contributed by atoms with Gasteiger partial charge in [-0.25, -0.2) is 19.2 Å². The van der Waals surface area contributed by atoms with Crippen LogP contribution in [0.5, 0.6) is 0 Å². The highest BCUT2D eigenvalue weighted by Crippen LogP contribution is 2.57. The predicted molar refractivity (Wildman–Crippen MR) is 109 cm³/mol. The second kappa shape index (κ2) is 6.52. The van der Waals surface area contributed by atoms with Crippen LogP contribution in [0.25, 0.3) is 0 Å². The van der Waals surface area contributed by atoms with Gasteiger partial charge >= 0.3 is 23.9 Å². The van der Waals surface area contributed by atoms with Gasteiger partial charge in [0.25, 0.3) is 0 Å². The standard InChI is InChI=1S/C24H14O8/c25-21(26)9-1-3-11-15(7-9)18-12-4-2-10(22(27)28)8-16(12)17(11)19-13(23(29)30)5-6-14(20(18)19)24(31)32/h1-8,17-18H,(H,25,26)(H,27,28)(H,29,30)(H,31,32). The van der Waals surface area contributed by atoms with Gasteiger partial charge in [-0.2, -0.15) is 0 Å². The summed E-state index contributed by atoms with van der Waals surface area (Å²) in [7, 11) is 0. The molecule has 0 aromatic heterocycles. The summed E-state index contributed by atoms with van der Waals surface area (Å²) in [6, 6.07) is 11.4. The molecule has 4 N–H and O–H groups in total. The third-order valence-corrected chi connectivity index (χ3v) is 6.24. The van der Waals surface area contributed by atoms with Crippen molar-refractivity contribution in [3.63, 3.8) is 0 Å². The van der Waals surface area contributed by atoms with Gasteiger partial charge in [0.1, 0.15) is 0 Å². The molecule has 2 bridgehead atoms. The summed E-state index contributed by atoms with van der Waals surface area (Å²) in [4.78, 5) is 47.3. The van der Waals surface area contributed by atoms with E-state index in [0.717, 1.165) is 0 Å². The highest BCUT2D eigenvalue weighted by atomic mass is 16.4. The lowest BCUT2D eigenvalue weighted by molar-refractivity contribution is 0.0678. The van der Waals surface area contributed by atoms with Crippen LogP contribution in [-0.4, -0.2) is 44.3 Å². The Morgan fingerprint density at radius 2 is 0.875 bits per heavy atom. The zero-order valence-corrected chi connectivity index (χ0v) is 16.2. The molecule has 0 amide bonds. The van der Waals surface area contributed by atoms with E-state index in [0.29, 0.717) is 33.4 Å². The molecule has 0 saturated heterocycles. The third kappa shape index (κ3) is 2.49. The van der Waals surface area contributed by atoms with Crippen molar-refractivity contribution in [1.82, 2.24) is 0 Å². The van der Waals surface area contributed by atoms with E-state index < -0.39 is 35.7 Å². The Morgan fingerprint density at radius 1 is 0.500 bits per heavy atom. The van der Waals surface area contributed by atoms with Crippen molar-refractivity contribution in [2.75, 3.05) is 0 Å². The fourth-order valence-electron chi connectivity index (χ4n) is 5.03. The summed E-state index contributed by atoms with van der Waals surface area (Å²) in [5.41, 5.74) is 2.91. The molecule has 0 aliphatic heterocycles. The Bertz CT molecular complexity index is 1290. The topological polar surface area (TPSA) is 149 Å². The van der Waals surface area contributed by atoms with Crippen LogP contribution in [0.2, 0.25) is 0 Å². The first-order valence-corrected chi connectivity index (χ1v) is 9.58. The smallest absolute Gasteiger partial charge is 0.336 e. The molecule has 8 nitrogen and oxygen atoms in total. The minimum atomic E-state index is -1.23. The highest BCUT2D eigenvalue weighted by Gasteiger charge is 2.45. The first kappa shape index (κ1) is 19.5. The lowest BCUT2D eigenvalue weighted by Gasteiger charge is -2.43. The largest absolute Gasteiger partial charge is 0.478 e. The fraction of sp³-hybridized carbons (Fsp3) is 0.0833. The summed E-state index contributed by atoms with van der Waals surface area (Å²) in [5, 5.41) is 38.6. The van der Waals surface area contributed by atoms with Gasteiger partial charge in [0.05, 0.1) is 22.3 Å². The number of benzene rings is 3. The second-order valence-electron chi connectivity index (χ2n) is 7.76. The van der Waals surface area contributed by atoms with E-state index in [1.165, 1.54) is 36.4 Å². The van der Waals surface area contributed by atoms with Crippen LogP contribution in [-0.2, 0) is 0 Å². The molecule has 2 unspecified atom stereocenters. The van der Waals surface area contributed by atoms with Gasteiger partial charge in [-0.15, -0.1) is 0 Å². The number of carboxylic acids is 4. The lowest BCUT2D eigenvalue weighted by Crippen LogP contribution is -2.32. The molecule has 0 heterocycles. The molecular formula is C24H14O8. The van der Waals surface area contributed by atoms with Crippen LogP contribution >= 0.6 is 0 Å². The molecule has 0 fully saturated rings. The third-order valence-electron chi connectivity index (χ3n) is 6.24. The molecule has 32 heavy (non-hydrogen) atoms. The first-order valence-electron chi connectivity index (χ1n) is 9.58. The van der Waals surface area contributed by atoms with Gasteiger partial charge in [-0.05, 0) is 69.8 Å². The molecule has 2 atom stereocenters. The fourth-order valence-corrected chi connectivity index (χ4v) is 5.03. The number of aromatic carboxylic acids is 4. The maximum absolute atomic E-state index is 12.1. The van der Waals surface area contributed by atoms with Crippen molar-refractivity contribution >= 4 is 23.9 Å². The minimum Gasteiger partial charge on any atom is -0.478 e. The molecule has 158 valence electrons. The number of carboxylic acid groups (broad SMARTS) is 4. The monoisotopic (exact) mass is 430 g/mol. The summed E-state index contributed by atoms with van der Waals surface area (Å²) < 4.78 is 0. The van der Waals surface area contributed by atoms with E-state index in [1.54, 1.807) is 12.1 Å². The Kier molecular flexibility index (Phi) is 3.97. The molecule has 3 aliphatic rings. The van der Waals surface area contributed by atoms with Crippen LogP contribution in [0, 0.1) is 0 Å². The Morgan fingerprint density at radius 3 is 1.19 bits per heavy atom. The van der Waals surface area contributed by atoms with E-state index >= 15 is 0 Å². The maximum Gasteiger partial charge on any atom is 0.336 e. The van der Waals surface area contributed by atoms with Gasteiger partial charge < -0.3 is 20.4 Å². The molecule has 0 spiro atoms. The molecule has 0 saturated carbocycles. The van der Waals surface area contributed by atoms with E-state index in [9.17, 15) is 39.6 Å². The number of rotatable bonds is 4. The van der Waals surface area contributed by atoms with Crippen molar-refractivity contribution in [2.24, 2.45) is 0 Å². The summed E-state index contributed by atoms with van der Waals surface area (Å²) in [6.07, 6.45) is 0. The first-order chi connectivity index (χ1) is 15.2. The predicted octanol–water partition coefficient (Wildman–Crippen LogP) is 3.47. The normalized spacial score (nSPS) is 17.1. The Hall–Kier alpha value is -4.46. The van der Waals surface area contributed by atoms with Crippen LogP contribution in [0.15, 0.2) is 48.5 Å². The van der Waals surface area contributed by atoms with Crippen LogP contribution in [0.3, 0.4) is 0 Å². The minimum absolute atomic E-state index is 0.0211. The van der Waals surface area contributed by atoms with E-state index in [2.05, 4.69) is 0 Å². The zero-order chi connectivity index (χ0) is 22.9.